The van der Waals surface area contributed by atoms with Crippen LogP contribution in [0, 0.1) is 0 Å². The number of methoxy groups -OCH3 is 1. The molecular formula is C28H28ClN5O6S2. The molecule has 0 atom stereocenters. The lowest BCUT2D eigenvalue weighted by Crippen LogP contribution is -2.50. The summed E-state index contributed by atoms with van der Waals surface area (Å²) < 4.78 is 39.1. The molecule has 14 heteroatoms. The lowest BCUT2D eigenvalue weighted by atomic mass is 10.2. The average molecular weight is 630 g/mol. The van der Waals surface area contributed by atoms with Crippen LogP contribution in [-0.2, 0) is 21.3 Å². The van der Waals surface area contributed by atoms with Gasteiger partial charge in [-0.3, -0.25) is 14.7 Å². The molecule has 0 unspecified atom stereocenters. The molecule has 1 aliphatic heterocycles. The minimum absolute atomic E-state index is 0.0546. The van der Waals surface area contributed by atoms with Crippen molar-refractivity contribution in [3.8, 4) is 5.75 Å². The second kappa shape index (κ2) is 12.6. The standard InChI is InChI=1S/C28H28ClN5O6S2/c1-3-40-28(36)32-13-15-33(16-14-32)42(37,38)21-8-6-20(7-9-21)26(35)34(18-19-5-4-12-30-17-19)27-31-24-23(39-2)11-10-22(29)25(24)41-27/h4-12,17H,3,13-16,18H2,1-2H3. The Kier molecular flexibility index (Phi) is 8.92. The molecule has 0 saturated carbocycles. The molecule has 0 spiro atoms. The van der Waals surface area contributed by atoms with E-state index in [4.69, 9.17) is 21.1 Å². The summed E-state index contributed by atoms with van der Waals surface area (Å²) in [6.45, 7) is 2.90. The van der Waals surface area contributed by atoms with Crippen LogP contribution < -0.4 is 9.64 Å². The lowest BCUT2D eigenvalue weighted by molar-refractivity contribution is 0.0933. The summed E-state index contributed by atoms with van der Waals surface area (Å²) >= 11 is 7.69. The summed E-state index contributed by atoms with van der Waals surface area (Å²) in [5.74, 6) is 0.156. The molecule has 2 aromatic carbocycles. The Hall–Kier alpha value is -3.78. The zero-order valence-electron chi connectivity index (χ0n) is 22.9. The number of hydrogen-bond acceptors (Lipinski definition) is 9. The van der Waals surface area contributed by atoms with Crippen molar-refractivity contribution in [2.45, 2.75) is 18.4 Å². The van der Waals surface area contributed by atoms with Crippen LogP contribution in [0.2, 0.25) is 5.02 Å². The van der Waals surface area contributed by atoms with Crippen molar-refractivity contribution < 1.29 is 27.5 Å². The van der Waals surface area contributed by atoms with Crippen LogP contribution in [0.4, 0.5) is 9.93 Å². The van der Waals surface area contributed by atoms with E-state index >= 15 is 0 Å². The number of amides is 2. The van der Waals surface area contributed by atoms with Gasteiger partial charge in [0.25, 0.3) is 5.91 Å². The lowest BCUT2D eigenvalue weighted by Gasteiger charge is -2.33. The molecule has 1 aliphatic rings. The van der Waals surface area contributed by atoms with Crippen molar-refractivity contribution in [3.05, 3.63) is 77.1 Å². The molecule has 1 fully saturated rings. The number of hydrogen-bond donors (Lipinski definition) is 0. The number of benzene rings is 2. The molecule has 1 saturated heterocycles. The van der Waals surface area contributed by atoms with Gasteiger partial charge in [0.05, 0.1) is 34.9 Å². The SMILES string of the molecule is CCOC(=O)N1CCN(S(=O)(=O)c2ccc(C(=O)N(Cc3cccnc3)c3nc4c(OC)ccc(Cl)c4s3)cc2)CC1. The van der Waals surface area contributed by atoms with Gasteiger partial charge >= 0.3 is 6.09 Å². The minimum atomic E-state index is -3.83. The van der Waals surface area contributed by atoms with Crippen LogP contribution in [0.15, 0.2) is 65.8 Å². The van der Waals surface area contributed by atoms with Crippen LogP contribution in [0.1, 0.15) is 22.8 Å². The highest BCUT2D eigenvalue weighted by molar-refractivity contribution is 7.89. The van der Waals surface area contributed by atoms with Crippen molar-refractivity contribution in [2.24, 2.45) is 0 Å². The largest absolute Gasteiger partial charge is 0.494 e. The van der Waals surface area contributed by atoms with E-state index < -0.39 is 16.1 Å². The predicted molar refractivity (Wildman–Crippen MR) is 160 cm³/mol. The maximum Gasteiger partial charge on any atom is 0.409 e. The Morgan fingerprint density at radius 1 is 1.07 bits per heavy atom. The van der Waals surface area contributed by atoms with Crippen LogP contribution in [0.3, 0.4) is 0 Å². The van der Waals surface area contributed by atoms with Gasteiger partial charge in [-0.15, -0.1) is 0 Å². The van der Waals surface area contributed by atoms with Crippen molar-refractivity contribution in [2.75, 3.05) is 44.8 Å². The van der Waals surface area contributed by atoms with E-state index in [0.717, 1.165) is 5.56 Å². The second-order valence-electron chi connectivity index (χ2n) is 9.29. The number of carbonyl (C=O) groups excluding carboxylic acids is 2. The Morgan fingerprint density at radius 2 is 1.81 bits per heavy atom. The first-order chi connectivity index (χ1) is 20.2. The van der Waals surface area contributed by atoms with Gasteiger partial charge in [0.2, 0.25) is 10.0 Å². The van der Waals surface area contributed by atoms with E-state index in [1.165, 1.54) is 56.8 Å². The summed E-state index contributed by atoms with van der Waals surface area (Å²) in [7, 11) is -2.30. The molecule has 0 bridgehead atoms. The van der Waals surface area contributed by atoms with Gasteiger partial charge < -0.3 is 14.4 Å². The normalized spacial score (nSPS) is 14.1. The molecule has 5 rings (SSSR count). The Morgan fingerprint density at radius 3 is 2.45 bits per heavy atom. The number of piperazine rings is 1. The fraction of sp³-hybridized carbons (Fsp3) is 0.286. The quantitative estimate of drug-likeness (QED) is 0.276. The monoisotopic (exact) mass is 629 g/mol. The summed E-state index contributed by atoms with van der Waals surface area (Å²) in [4.78, 5) is 37.8. The number of carbonyl (C=O) groups is 2. The Bertz CT molecular complexity index is 1690. The van der Waals surface area contributed by atoms with Gasteiger partial charge in [-0.2, -0.15) is 4.31 Å². The van der Waals surface area contributed by atoms with Crippen LogP contribution >= 0.6 is 22.9 Å². The van der Waals surface area contributed by atoms with Crippen molar-refractivity contribution >= 4 is 60.3 Å². The van der Waals surface area contributed by atoms with Gasteiger partial charge in [-0.1, -0.05) is 29.0 Å². The highest BCUT2D eigenvalue weighted by Crippen LogP contribution is 2.39. The number of thiazole rings is 1. The van der Waals surface area contributed by atoms with Gasteiger partial charge in [-0.05, 0) is 55.0 Å². The third kappa shape index (κ3) is 6.04. The Labute approximate surface area is 252 Å². The zero-order valence-corrected chi connectivity index (χ0v) is 25.3. The molecular weight excluding hydrogens is 602 g/mol. The molecule has 2 aromatic heterocycles. The van der Waals surface area contributed by atoms with E-state index in [1.54, 1.807) is 37.5 Å². The number of pyridine rings is 1. The number of aromatic nitrogens is 2. The first-order valence-electron chi connectivity index (χ1n) is 13.1. The molecule has 11 nitrogen and oxygen atoms in total. The van der Waals surface area contributed by atoms with Crippen molar-refractivity contribution in [1.29, 1.82) is 0 Å². The van der Waals surface area contributed by atoms with E-state index in [1.807, 2.05) is 6.07 Å². The summed E-state index contributed by atoms with van der Waals surface area (Å²) in [6.07, 6.45) is 2.86. The number of nitrogens with zero attached hydrogens (tertiary/aromatic N) is 5. The molecule has 42 heavy (non-hydrogen) atoms. The summed E-state index contributed by atoms with van der Waals surface area (Å²) in [6, 6.07) is 12.9. The smallest absolute Gasteiger partial charge is 0.409 e. The Balaban J connectivity index is 1.40. The first-order valence-corrected chi connectivity index (χ1v) is 15.7. The minimum Gasteiger partial charge on any atom is -0.494 e. The number of rotatable bonds is 8. The highest BCUT2D eigenvalue weighted by atomic mass is 35.5. The zero-order chi connectivity index (χ0) is 29.9. The number of halogens is 1. The van der Waals surface area contributed by atoms with E-state index in [-0.39, 0.29) is 55.7 Å². The molecule has 2 amide bonds. The molecule has 0 radical (unpaired) electrons. The highest BCUT2D eigenvalue weighted by Gasteiger charge is 2.31. The van der Waals surface area contributed by atoms with Crippen molar-refractivity contribution in [3.63, 3.8) is 0 Å². The second-order valence-corrected chi connectivity index (χ2v) is 12.6. The van der Waals surface area contributed by atoms with E-state index in [2.05, 4.69) is 9.97 Å². The topological polar surface area (TPSA) is 122 Å². The van der Waals surface area contributed by atoms with Crippen LogP contribution in [-0.4, -0.2) is 79.5 Å². The summed E-state index contributed by atoms with van der Waals surface area (Å²) in [5, 5.41) is 0.891. The van der Waals surface area contributed by atoms with Crippen LogP contribution in [0.25, 0.3) is 10.2 Å². The maximum atomic E-state index is 13.9. The number of anilines is 1. The predicted octanol–water partition coefficient (Wildman–Crippen LogP) is 4.66. The molecule has 4 aromatic rings. The van der Waals surface area contributed by atoms with E-state index in [0.29, 0.717) is 26.1 Å². The van der Waals surface area contributed by atoms with Gasteiger partial charge in [-0.25, -0.2) is 18.2 Å². The van der Waals surface area contributed by atoms with Gasteiger partial charge in [0.1, 0.15) is 11.3 Å². The summed E-state index contributed by atoms with van der Waals surface area (Å²) in [5.41, 5.74) is 1.60. The third-order valence-electron chi connectivity index (χ3n) is 6.71. The molecule has 3 heterocycles. The number of ether oxygens (including phenoxy) is 2. The molecule has 220 valence electrons. The number of fused-ring (bicyclic) bond motifs is 1. The van der Waals surface area contributed by atoms with Crippen molar-refractivity contribution in [1.82, 2.24) is 19.2 Å². The fourth-order valence-corrected chi connectivity index (χ4v) is 7.20. The fourth-order valence-electron chi connectivity index (χ4n) is 4.52. The average Bonchev–Trinajstić information content (AvgIpc) is 3.47. The third-order valence-corrected chi connectivity index (χ3v) is 10.2. The van der Waals surface area contributed by atoms with Gasteiger partial charge in [0, 0.05) is 44.1 Å². The van der Waals surface area contributed by atoms with Gasteiger partial charge in [0.15, 0.2) is 5.13 Å². The molecule has 0 N–H and O–H groups in total. The maximum absolute atomic E-state index is 13.9. The number of sulfonamides is 1. The van der Waals surface area contributed by atoms with Crippen LogP contribution in [0.5, 0.6) is 5.75 Å². The van der Waals surface area contributed by atoms with E-state index in [9.17, 15) is 18.0 Å². The molecule has 0 aliphatic carbocycles. The first kappa shape index (κ1) is 29.7.